The minimum Gasteiger partial charge on any atom is -0.497 e. The van der Waals surface area contributed by atoms with E-state index in [0.717, 1.165) is 66.1 Å². The van der Waals surface area contributed by atoms with Crippen molar-refractivity contribution in [1.29, 1.82) is 0 Å². The van der Waals surface area contributed by atoms with Crippen molar-refractivity contribution in [2.24, 2.45) is 9.98 Å². The van der Waals surface area contributed by atoms with Crippen LogP contribution in [0.1, 0.15) is 69.2 Å². The molecule has 2 N–H and O–H groups in total. The van der Waals surface area contributed by atoms with E-state index in [1.54, 1.807) is 48.7 Å². The molecule has 3 aliphatic rings. The van der Waals surface area contributed by atoms with Crippen molar-refractivity contribution < 1.29 is 28.6 Å². The Morgan fingerprint density at radius 3 is 1.89 bits per heavy atom. The fraction of sp³-hybridized carbons (Fsp3) is 0.212. The molecule has 3 amide bonds. The number of amides is 3. The average Bonchev–Trinajstić information content (AvgIpc) is 3.71. The van der Waals surface area contributed by atoms with Crippen LogP contribution in [-0.4, -0.2) is 75.7 Å². The minimum atomic E-state index is -0.744. The van der Waals surface area contributed by atoms with Gasteiger partial charge in [0, 0.05) is 78.3 Å². The molecular formula is C52H47N5O6S2. The quantitative estimate of drug-likeness (QED) is 0.116. The second-order valence-electron chi connectivity index (χ2n) is 15.6. The van der Waals surface area contributed by atoms with Crippen molar-refractivity contribution in [2.45, 2.75) is 51.8 Å². The van der Waals surface area contributed by atoms with E-state index in [4.69, 9.17) is 24.2 Å². The number of hydrogen-bond donors (Lipinski definition) is 2. The van der Waals surface area contributed by atoms with Gasteiger partial charge in [-0.2, -0.15) is 0 Å². The summed E-state index contributed by atoms with van der Waals surface area (Å²) in [7, 11) is 3.27. The first-order valence-corrected chi connectivity index (χ1v) is 23.3. The van der Waals surface area contributed by atoms with Crippen LogP contribution in [0.5, 0.6) is 11.5 Å². The van der Waals surface area contributed by atoms with Gasteiger partial charge in [-0.3, -0.25) is 14.4 Å². The monoisotopic (exact) mass is 901 g/mol. The fourth-order valence-corrected chi connectivity index (χ4v) is 10.1. The van der Waals surface area contributed by atoms with Gasteiger partial charge in [0.1, 0.15) is 17.5 Å². The first kappa shape index (κ1) is 43.6. The van der Waals surface area contributed by atoms with Crippen LogP contribution in [0.4, 0.5) is 17.1 Å². The Balaban J connectivity index is 0.998. The number of aliphatic imine (C=N–C) groups is 2. The number of benzene rings is 6. The van der Waals surface area contributed by atoms with E-state index in [9.17, 15) is 14.4 Å². The van der Waals surface area contributed by atoms with Gasteiger partial charge >= 0.3 is 0 Å². The summed E-state index contributed by atoms with van der Waals surface area (Å²) in [6, 6.07) is 40.0. The van der Waals surface area contributed by atoms with E-state index in [-0.39, 0.29) is 17.7 Å². The van der Waals surface area contributed by atoms with Gasteiger partial charge in [-0.25, -0.2) is 9.98 Å². The van der Waals surface area contributed by atoms with Crippen molar-refractivity contribution in [3.63, 3.8) is 0 Å². The zero-order valence-corrected chi connectivity index (χ0v) is 37.9. The van der Waals surface area contributed by atoms with Gasteiger partial charge in [0.2, 0.25) is 5.91 Å². The number of rotatable bonds is 12. The Labute approximate surface area is 386 Å². The Morgan fingerprint density at radius 1 is 0.677 bits per heavy atom. The van der Waals surface area contributed by atoms with Crippen LogP contribution in [0.15, 0.2) is 157 Å². The van der Waals surface area contributed by atoms with Crippen LogP contribution in [0, 0.1) is 0 Å². The van der Waals surface area contributed by atoms with Gasteiger partial charge in [-0.1, -0.05) is 41.7 Å². The average molecular weight is 902 g/mol. The molecule has 65 heavy (non-hydrogen) atoms. The van der Waals surface area contributed by atoms with Crippen molar-refractivity contribution in [1.82, 2.24) is 10.6 Å². The molecule has 1 atom stereocenters. The summed E-state index contributed by atoms with van der Waals surface area (Å²) >= 11 is 3.17. The Morgan fingerprint density at radius 2 is 1.26 bits per heavy atom. The standard InChI is InChI=1S/C52H47N5O6S2/c1-4-63-28-26-53-50(58)34-16-23-47-42(29-34)55-49(33-14-21-38(62-3)22-15-33)40-31-36(18-25-45(40)65-47)57-27-8-7-10-41(52(57)60)56-51(59)35-17-24-46-43(30-35)54-48(32-12-19-37(61-2)20-13-32)39-9-5-6-11-44(39)64-46/h5-6,9,11-25,29-31,41H,4,7-8,10,26-28H2,1-3H3,(H,53,58)(H,56,59). The number of fused-ring (bicyclic) bond motifs is 4. The molecule has 3 aliphatic heterocycles. The van der Waals surface area contributed by atoms with E-state index in [0.29, 0.717) is 72.4 Å². The summed E-state index contributed by atoms with van der Waals surface area (Å²) in [5.41, 5.74) is 8.07. The summed E-state index contributed by atoms with van der Waals surface area (Å²) in [6.07, 6.45) is 2.04. The Bertz CT molecular complexity index is 2850. The van der Waals surface area contributed by atoms with Gasteiger partial charge in [0.05, 0.1) is 43.6 Å². The van der Waals surface area contributed by atoms with Crippen LogP contribution < -0.4 is 25.0 Å². The number of ether oxygens (including phenoxy) is 3. The molecule has 0 aliphatic carbocycles. The number of anilines is 1. The van der Waals surface area contributed by atoms with Crippen molar-refractivity contribution in [3.05, 3.63) is 161 Å². The third-order valence-corrected chi connectivity index (χ3v) is 13.8. The van der Waals surface area contributed by atoms with Gasteiger partial charge in [-0.05, 0) is 135 Å². The molecule has 0 aromatic heterocycles. The normalized spacial score (nSPS) is 15.3. The number of hydrogen-bond acceptors (Lipinski definition) is 10. The molecule has 13 heteroatoms. The first-order valence-electron chi connectivity index (χ1n) is 21.6. The molecule has 11 nitrogen and oxygen atoms in total. The highest BCUT2D eigenvalue weighted by atomic mass is 32.2. The van der Waals surface area contributed by atoms with Crippen LogP contribution >= 0.6 is 23.5 Å². The molecule has 0 saturated carbocycles. The second-order valence-corrected chi connectivity index (χ2v) is 17.8. The maximum atomic E-state index is 14.6. The van der Waals surface area contributed by atoms with Crippen LogP contribution in [-0.2, 0) is 9.53 Å². The van der Waals surface area contributed by atoms with E-state index in [1.165, 1.54) is 0 Å². The fourth-order valence-electron chi connectivity index (χ4n) is 8.07. The third-order valence-electron chi connectivity index (χ3n) is 11.5. The molecule has 0 spiro atoms. The van der Waals surface area contributed by atoms with E-state index < -0.39 is 6.04 Å². The molecule has 328 valence electrons. The molecule has 0 bridgehead atoms. The summed E-state index contributed by atoms with van der Waals surface area (Å²) < 4.78 is 16.3. The maximum absolute atomic E-state index is 14.6. The topological polar surface area (TPSA) is 131 Å². The Hall–Kier alpha value is -6.67. The molecule has 1 fully saturated rings. The molecule has 6 aromatic carbocycles. The number of nitrogens with zero attached hydrogens (tertiary/aromatic N) is 3. The highest BCUT2D eigenvalue weighted by molar-refractivity contribution is 7.99. The zero-order valence-electron chi connectivity index (χ0n) is 36.3. The lowest BCUT2D eigenvalue weighted by Gasteiger charge is -2.26. The number of carbonyl (C=O) groups is 3. The van der Waals surface area contributed by atoms with Crippen LogP contribution in [0.2, 0.25) is 0 Å². The SMILES string of the molecule is CCOCCNC(=O)c1ccc2c(c1)N=C(c1ccc(OC)cc1)c1cc(N3CCCCC(NC(=O)c4ccc5c(c4)N=C(c4ccc(OC)cc4)c4ccccc4S5)C3=O)ccc1S2. The van der Waals surface area contributed by atoms with Crippen molar-refractivity contribution >= 4 is 69.7 Å². The van der Waals surface area contributed by atoms with E-state index in [1.807, 2.05) is 116 Å². The van der Waals surface area contributed by atoms with E-state index >= 15 is 0 Å². The maximum Gasteiger partial charge on any atom is 0.252 e. The molecule has 9 rings (SSSR count). The summed E-state index contributed by atoms with van der Waals surface area (Å²) in [6.45, 7) is 3.82. The predicted octanol–water partition coefficient (Wildman–Crippen LogP) is 10.1. The van der Waals surface area contributed by atoms with Gasteiger partial charge < -0.3 is 29.7 Å². The highest BCUT2D eigenvalue weighted by Gasteiger charge is 2.31. The number of carbonyl (C=O) groups excluding carboxylic acids is 3. The lowest BCUT2D eigenvalue weighted by Crippen LogP contribution is -2.47. The van der Waals surface area contributed by atoms with Crippen molar-refractivity contribution in [3.8, 4) is 11.5 Å². The third kappa shape index (κ3) is 9.44. The lowest BCUT2D eigenvalue weighted by molar-refractivity contribution is -0.120. The largest absolute Gasteiger partial charge is 0.497 e. The molecular weight excluding hydrogens is 855 g/mol. The summed E-state index contributed by atoms with van der Waals surface area (Å²) in [5.74, 6) is 0.741. The minimum absolute atomic E-state index is 0.177. The van der Waals surface area contributed by atoms with Gasteiger partial charge in [-0.15, -0.1) is 0 Å². The summed E-state index contributed by atoms with van der Waals surface area (Å²) in [5, 5.41) is 6.03. The molecule has 3 heterocycles. The number of methoxy groups -OCH3 is 2. The number of nitrogens with one attached hydrogen (secondary N) is 2. The van der Waals surface area contributed by atoms with Crippen molar-refractivity contribution in [2.75, 3.05) is 45.4 Å². The molecule has 1 saturated heterocycles. The highest BCUT2D eigenvalue weighted by Crippen LogP contribution is 2.44. The van der Waals surface area contributed by atoms with E-state index in [2.05, 4.69) is 22.8 Å². The lowest BCUT2D eigenvalue weighted by atomic mass is 10.0. The molecule has 6 aromatic rings. The smallest absolute Gasteiger partial charge is 0.252 e. The molecule has 0 radical (unpaired) electrons. The zero-order chi connectivity index (χ0) is 44.9. The second kappa shape index (κ2) is 19.6. The van der Waals surface area contributed by atoms with Crippen LogP contribution in [0.25, 0.3) is 0 Å². The van der Waals surface area contributed by atoms with Crippen LogP contribution in [0.3, 0.4) is 0 Å². The predicted molar refractivity (Wildman–Crippen MR) is 257 cm³/mol. The van der Waals surface area contributed by atoms with Gasteiger partial charge in [0.15, 0.2) is 0 Å². The molecule has 1 unspecified atom stereocenters. The van der Waals surface area contributed by atoms with Gasteiger partial charge in [0.25, 0.3) is 11.8 Å². The summed E-state index contributed by atoms with van der Waals surface area (Å²) in [4.78, 5) is 57.9. The Kier molecular flexibility index (Phi) is 13.1. The first-order chi connectivity index (χ1) is 31.8.